The van der Waals surface area contributed by atoms with Crippen molar-refractivity contribution in [1.29, 1.82) is 0 Å². The van der Waals surface area contributed by atoms with E-state index in [0.717, 1.165) is 17.7 Å². The number of rotatable bonds is 4. The Kier molecular flexibility index (Phi) is 3.99. The maximum Gasteiger partial charge on any atom is 0.325 e. The number of hydrogen-bond donors (Lipinski definition) is 3. The van der Waals surface area contributed by atoms with Gasteiger partial charge in [-0.15, -0.1) is 0 Å². The summed E-state index contributed by atoms with van der Waals surface area (Å²) in [6.07, 6.45) is 3.15. The van der Waals surface area contributed by atoms with E-state index in [1.807, 2.05) is 0 Å². The quantitative estimate of drug-likeness (QED) is 0.616. The second kappa shape index (κ2) is 5.40. The molecule has 1 heterocycles. The number of nitrogens with two attached hydrogens (primary N) is 1. The zero-order valence-corrected chi connectivity index (χ0v) is 11.9. The molecule has 4 N–H and O–H groups in total. The molecule has 2 atom stereocenters. The highest BCUT2D eigenvalue weighted by Crippen LogP contribution is 2.35. The lowest BCUT2D eigenvalue weighted by Crippen LogP contribution is -2.52. The first-order valence-corrected chi connectivity index (χ1v) is 7.07. The Hall–Kier alpha value is -1.63. The lowest BCUT2D eigenvalue weighted by molar-refractivity contribution is -0.138. The predicted octanol–water partition coefficient (Wildman–Crippen LogP) is -0.297. The van der Waals surface area contributed by atoms with E-state index in [-0.39, 0.29) is 17.9 Å². The summed E-state index contributed by atoms with van der Waals surface area (Å²) < 4.78 is 0. The fourth-order valence-corrected chi connectivity index (χ4v) is 2.85. The molecule has 0 aromatic carbocycles. The molecule has 1 aliphatic heterocycles. The van der Waals surface area contributed by atoms with Crippen LogP contribution in [-0.2, 0) is 9.59 Å². The van der Waals surface area contributed by atoms with Crippen molar-refractivity contribution in [3.63, 3.8) is 0 Å². The van der Waals surface area contributed by atoms with Gasteiger partial charge in [-0.1, -0.05) is 12.8 Å². The summed E-state index contributed by atoms with van der Waals surface area (Å²) in [5.74, 6) is -0.635. The molecule has 1 saturated heterocycles. The first kappa shape index (κ1) is 14.8. The molecule has 0 radical (unpaired) electrons. The number of urea groups is 1. The first-order valence-electron chi connectivity index (χ1n) is 7.07. The average molecular weight is 282 g/mol. The van der Waals surface area contributed by atoms with Gasteiger partial charge < -0.3 is 16.4 Å². The van der Waals surface area contributed by atoms with Crippen molar-refractivity contribution in [1.82, 2.24) is 15.5 Å². The Morgan fingerprint density at radius 1 is 1.40 bits per heavy atom. The molecule has 2 rings (SSSR count). The van der Waals surface area contributed by atoms with Gasteiger partial charge in [-0.3, -0.25) is 9.59 Å². The summed E-state index contributed by atoms with van der Waals surface area (Å²) in [5.41, 5.74) is 4.68. The fourth-order valence-electron chi connectivity index (χ4n) is 2.85. The molecule has 2 aliphatic rings. The molecule has 0 aromatic rings. The zero-order valence-electron chi connectivity index (χ0n) is 11.9. The summed E-state index contributed by atoms with van der Waals surface area (Å²) in [7, 11) is 0. The van der Waals surface area contributed by atoms with Crippen LogP contribution in [0.3, 0.4) is 0 Å². The summed E-state index contributed by atoms with van der Waals surface area (Å²) in [4.78, 5) is 37.6. The molecular weight excluding hydrogens is 260 g/mol. The minimum atomic E-state index is -0.823. The average Bonchev–Trinajstić information content (AvgIpc) is 2.96. The van der Waals surface area contributed by atoms with E-state index < -0.39 is 17.6 Å². The molecule has 1 saturated carbocycles. The number of carbonyl (C=O) groups is 3. The molecule has 4 amide bonds. The Bertz CT molecular complexity index is 431. The third-order valence-corrected chi connectivity index (χ3v) is 4.16. The van der Waals surface area contributed by atoms with Crippen molar-refractivity contribution in [2.75, 3.05) is 6.54 Å². The van der Waals surface area contributed by atoms with Crippen LogP contribution in [0.5, 0.6) is 0 Å². The third-order valence-electron chi connectivity index (χ3n) is 4.16. The van der Waals surface area contributed by atoms with Crippen molar-refractivity contribution in [3.05, 3.63) is 0 Å². The van der Waals surface area contributed by atoms with Crippen molar-refractivity contribution in [3.8, 4) is 0 Å². The molecule has 112 valence electrons. The summed E-state index contributed by atoms with van der Waals surface area (Å²) >= 11 is 0. The van der Waals surface area contributed by atoms with Gasteiger partial charge in [0.1, 0.15) is 11.6 Å². The summed E-state index contributed by atoms with van der Waals surface area (Å²) in [5, 5.41) is 5.45. The second-order valence-corrected chi connectivity index (χ2v) is 5.72. The van der Waals surface area contributed by atoms with E-state index >= 15 is 0 Å². The maximum absolute atomic E-state index is 12.5. The minimum Gasteiger partial charge on any atom is -0.351 e. The van der Waals surface area contributed by atoms with E-state index in [1.165, 1.54) is 0 Å². The van der Waals surface area contributed by atoms with Crippen LogP contribution in [0.15, 0.2) is 0 Å². The minimum absolute atomic E-state index is 0.189. The van der Waals surface area contributed by atoms with Crippen LogP contribution >= 0.6 is 0 Å². The van der Waals surface area contributed by atoms with E-state index in [2.05, 4.69) is 10.6 Å². The Balaban J connectivity index is 2.10. The molecule has 1 aliphatic carbocycles. The smallest absolute Gasteiger partial charge is 0.325 e. The monoisotopic (exact) mass is 282 g/mol. The van der Waals surface area contributed by atoms with Gasteiger partial charge in [0.2, 0.25) is 5.91 Å². The van der Waals surface area contributed by atoms with Gasteiger partial charge in [0.15, 0.2) is 0 Å². The Morgan fingerprint density at radius 3 is 2.55 bits per heavy atom. The van der Waals surface area contributed by atoms with E-state index in [1.54, 1.807) is 13.8 Å². The molecule has 7 nitrogen and oxygen atoms in total. The number of nitrogens with zero attached hydrogens (tertiary/aromatic N) is 1. The number of carbonyl (C=O) groups excluding carboxylic acids is 3. The normalized spacial score (nSPS) is 23.9. The molecule has 2 fully saturated rings. The lowest BCUT2D eigenvalue weighted by atomic mass is 9.97. The third kappa shape index (κ3) is 2.37. The van der Waals surface area contributed by atoms with Gasteiger partial charge in [-0.05, 0) is 26.7 Å². The van der Waals surface area contributed by atoms with Crippen LogP contribution in [-0.4, -0.2) is 46.9 Å². The summed E-state index contributed by atoms with van der Waals surface area (Å²) in [6.45, 7) is 3.64. The molecule has 7 heteroatoms. The number of amides is 4. The van der Waals surface area contributed by atoms with Gasteiger partial charge in [0, 0.05) is 12.6 Å². The molecule has 1 spiro atoms. The highest BCUT2D eigenvalue weighted by Gasteiger charge is 2.54. The standard InChI is InChI=1S/C13H22N4O3/c1-8(7-14)15-10(18)9(2)17-11(19)13(16-12(17)20)5-3-4-6-13/h8-9H,3-7,14H2,1-2H3,(H,15,18)(H,16,20)/t8-,9?/m0/s1. The number of nitrogens with one attached hydrogen (secondary N) is 2. The van der Waals surface area contributed by atoms with Crippen molar-refractivity contribution in [2.45, 2.75) is 57.2 Å². The van der Waals surface area contributed by atoms with Gasteiger partial charge in [0.05, 0.1) is 0 Å². The topological polar surface area (TPSA) is 105 Å². The van der Waals surface area contributed by atoms with Gasteiger partial charge in [0.25, 0.3) is 5.91 Å². The largest absolute Gasteiger partial charge is 0.351 e. The second-order valence-electron chi connectivity index (χ2n) is 5.72. The van der Waals surface area contributed by atoms with Gasteiger partial charge in [-0.25, -0.2) is 9.69 Å². The van der Waals surface area contributed by atoms with Crippen LogP contribution in [0, 0.1) is 0 Å². The molecule has 1 unspecified atom stereocenters. The molecule has 0 bridgehead atoms. The van der Waals surface area contributed by atoms with Crippen molar-refractivity contribution < 1.29 is 14.4 Å². The van der Waals surface area contributed by atoms with E-state index in [4.69, 9.17) is 5.73 Å². The summed E-state index contributed by atoms with van der Waals surface area (Å²) in [6, 6.07) is -1.48. The predicted molar refractivity (Wildman–Crippen MR) is 72.7 cm³/mol. The zero-order chi connectivity index (χ0) is 14.9. The van der Waals surface area contributed by atoms with Crippen LogP contribution in [0.25, 0.3) is 0 Å². The lowest BCUT2D eigenvalue weighted by Gasteiger charge is -2.24. The van der Waals surface area contributed by atoms with Crippen molar-refractivity contribution in [2.24, 2.45) is 5.73 Å². The van der Waals surface area contributed by atoms with Gasteiger partial charge >= 0.3 is 6.03 Å². The van der Waals surface area contributed by atoms with Gasteiger partial charge in [-0.2, -0.15) is 0 Å². The van der Waals surface area contributed by atoms with Crippen LogP contribution in [0.4, 0.5) is 4.79 Å². The number of hydrogen-bond acceptors (Lipinski definition) is 4. The highest BCUT2D eigenvalue weighted by atomic mass is 16.2. The fraction of sp³-hybridized carbons (Fsp3) is 0.769. The molecular formula is C13H22N4O3. The Labute approximate surface area is 118 Å². The molecule has 0 aromatic heterocycles. The Morgan fingerprint density at radius 2 is 2.00 bits per heavy atom. The van der Waals surface area contributed by atoms with E-state index in [9.17, 15) is 14.4 Å². The first-order chi connectivity index (χ1) is 9.41. The van der Waals surface area contributed by atoms with E-state index in [0.29, 0.717) is 19.4 Å². The maximum atomic E-state index is 12.5. The SMILES string of the molecule is CC(C(=O)N[C@@H](C)CN)N1C(=O)NC2(CCCC2)C1=O. The van der Waals surface area contributed by atoms with Crippen molar-refractivity contribution >= 4 is 17.8 Å². The van der Waals surface area contributed by atoms with Crippen LogP contribution in [0.1, 0.15) is 39.5 Å². The van der Waals surface area contributed by atoms with Crippen LogP contribution < -0.4 is 16.4 Å². The van der Waals surface area contributed by atoms with Crippen LogP contribution in [0.2, 0.25) is 0 Å². The molecule has 20 heavy (non-hydrogen) atoms. The highest BCUT2D eigenvalue weighted by molar-refractivity contribution is 6.09. The number of imide groups is 1.